The van der Waals surface area contributed by atoms with Gasteiger partial charge in [-0.15, -0.1) is 0 Å². The lowest BCUT2D eigenvalue weighted by Crippen LogP contribution is -2.57. The van der Waals surface area contributed by atoms with Crippen LogP contribution in [0.15, 0.2) is 30.7 Å². The molecule has 12 nitrogen and oxygen atoms in total. The minimum Gasteiger partial charge on any atom is -0.453 e. The zero-order chi connectivity index (χ0) is 26.0. The topological polar surface area (TPSA) is 158 Å². The number of amides is 2. The lowest BCUT2D eigenvalue weighted by Gasteiger charge is -2.39. The van der Waals surface area contributed by atoms with Crippen molar-refractivity contribution in [3.63, 3.8) is 0 Å². The third-order valence-corrected chi connectivity index (χ3v) is 5.77. The predicted octanol–water partition coefficient (Wildman–Crippen LogP) is 1.39. The Morgan fingerprint density at radius 3 is 2.72 bits per heavy atom. The molecule has 13 heteroatoms. The monoisotopic (exact) mass is 496 g/mol. The van der Waals surface area contributed by atoms with Crippen molar-refractivity contribution in [2.45, 2.75) is 31.7 Å². The summed E-state index contributed by atoms with van der Waals surface area (Å²) in [4.78, 5) is 34.7. The number of nitrogens with one attached hydrogen (secondary N) is 2. The number of halogens is 1. The van der Waals surface area contributed by atoms with Crippen molar-refractivity contribution >= 4 is 28.7 Å². The average Bonchev–Trinajstić information content (AvgIpc) is 3.26. The van der Waals surface area contributed by atoms with E-state index in [9.17, 15) is 19.1 Å². The highest BCUT2D eigenvalue weighted by molar-refractivity contribution is 5.99. The Bertz CT molecular complexity index is 1340. The third-order valence-electron chi connectivity index (χ3n) is 5.77. The molecule has 1 aliphatic rings. The maximum absolute atomic E-state index is 14.2. The molecule has 0 aliphatic carbocycles. The number of aromatic nitrogens is 4. The van der Waals surface area contributed by atoms with Gasteiger partial charge in [0.2, 0.25) is 0 Å². The number of likely N-dealkylation sites (tertiary alicyclic amines) is 1. The van der Waals surface area contributed by atoms with Crippen LogP contribution in [0.4, 0.5) is 14.9 Å². The summed E-state index contributed by atoms with van der Waals surface area (Å²) in [5.41, 5.74) is -0.214. The zero-order valence-electron chi connectivity index (χ0n) is 19.9. The normalized spacial score (nSPS) is 14.6. The van der Waals surface area contributed by atoms with Gasteiger partial charge in [-0.1, -0.05) is 0 Å². The SMILES string of the molecule is COC(=O)N1CC(Nc2cc(-n3ncc4cc(C#N)cnc43)ncc2C(=O)NCC(F)C(C)(C)O)C1. The fourth-order valence-corrected chi connectivity index (χ4v) is 3.61. The maximum atomic E-state index is 14.2. The van der Waals surface area contributed by atoms with Gasteiger partial charge >= 0.3 is 6.09 Å². The van der Waals surface area contributed by atoms with Gasteiger partial charge in [0.1, 0.15) is 12.2 Å². The second-order valence-electron chi connectivity index (χ2n) is 8.94. The number of carbonyl (C=O) groups excluding carboxylic acids is 2. The summed E-state index contributed by atoms with van der Waals surface area (Å²) < 4.78 is 20.4. The molecule has 0 aromatic carbocycles. The summed E-state index contributed by atoms with van der Waals surface area (Å²) in [7, 11) is 1.30. The van der Waals surface area contributed by atoms with E-state index in [2.05, 4.69) is 25.7 Å². The zero-order valence-corrected chi connectivity index (χ0v) is 19.9. The van der Waals surface area contributed by atoms with Crippen LogP contribution in [0, 0.1) is 11.3 Å². The molecule has 0 saturated carbocycles. The molecule has 0 spiro atoms. The Morgan fingerprint density at radius 1 is 1.31 bits per heavy atom. The number of hydrogen-bond acceptors (Lipinski definition) is 9. The van der Waals surface area contributed by atoms with Crippen molar-refractivity contribution in [3.8, 4) is 11.9 Å². The predicted molar refractivity (Wildman–Crippen MR) is 126 cm³/mol. The first-order valence-corrected chi connectivity index (χ1v) is 11.1. The molecular formula is C23H25FN8O4. The van der Waals surface area contributed by atoms with E-state index in [0.29, 0.717) is 41.2 Å². The molecule has 1 unspecified atom stereocenters. The van der Waals surface area contributed by atoms with E-state index in [0.717, 1.165) is 0 Å². The van der Waals surface area contributed by atoms with Gasteiger partial charge in [0.05, 0.1) is 48.3 Å². The Balaban J connectivity index is 1.62. The van der Waals surface area contributed by atoms with Gasteiger partial charge in [0.25, 0.3) is 5.91 Å². The van der Waals surface area contributed by atoms with E-state index in [1.54, 1.807) is 18.3 Å². The van der Waals surface area contributed by atoms with E-state index in [4.69, 9.17) is 10.00 Å². The molecule has 3 aromatic heterocycles. The molecule has 1 fully saturated rings. The van der Waals surface area contributed by atoms with Gasteiger partial charge in [-0.3, -0.25) is 4.79 Å². The first-order valence-electron chi connectivity index (χ1n) is 11.1. The molecule has 1 aliphatic heterocycles. The molecular weight excluding hydrogens is 471 g/mol. The molecule has 0 radical (unpaired) electrons. The summed E-state index contributed by atoms with van der Waals surface area (Å²) in [5, 5.41) is 29.6. The van der Waals surface area contributed by atoms with E-state index in [1.807, 2.05) is 6.07 Å². The highest BCUT2D eigenvalue weighted by atomic mass is 19.1. The lowest BCUT2D eigenvalue weighted by atomic mass is 10.0. The van der Waals surface area contributed by atoms with Crippen LogP contribution < -0.4 is 10.6 Å². The van der Waals surface area contributed by atoms with Crippen LogP contribution in [0.3, 0.4) is 0 Å². The number of alkyl halides is 1. The van der Waals surface area contributed by atoms with Crippen LogP contribution >= 0.6 is 0 Å². The molecule has 4 rings (SSSR count). The Morgan fingerprint density at radius 2 is 2.06 bits per heavy atom. The summed E-state index contributed by atoms with van der Waals surface area (Å²) >= 11 is 0. The first-order chi connectivity index (χ1) is 17.1. The number of aliphatic hydroxyl groups is 1. The van der Waals surface area contributed by atoms with Crippen LogP contribution in [-0.4, -0.2) is 86.3 Å². The number of carbonyl (C=O) groups is 2. The Labute approximate surface area is 205 Å². The second-order valence-corrected chi connectivity index (χ2v) is 8.94. The number of methoxy groups -OCH3 is 1. The largest absolute Gasteiger partial charge is 0.453 e. The van der Waals surface area contributed by atoms with Crippen molar-refractivity contribution < 1.29 is 23.8 Å². The number of anilines is 1. The molecule has 2 amide bonds. The van der Waals surface area contributed by atoms with Crippen LogP contribution in [0.2, 0.25) is 0 Å². The maximum Gasteiger partial charge on any atom is 0.409 e. The van der Waals surface area contributed by atoms with Gasteiger partial charge in [0, 0.05) is 36.9 Å². The van der Waals surface area contributed by atoms with Gasteiger partial charge in [-0.25, -0.2) is 19.2 Å². The van der Waals surface area contributed by atoms with E-state index >= 15 is 0 Å². The Kier molecular flexibility index (Phi) is 6.71. The summed E-state index contributed by atoms with van der Waals surface area (Å²) in [6, 6.07) is 5.12. The second kappa shape index (κ2) is 9.74. The number of pyridine rings is 2. The number of nitrogens with zero attached hydrogens (tertiary/aromatic N) is 6. The smallest absolute Gasteiger partial charge is 0.409 e. The number of ether oxygens (including phenoxy) is 1. The minimum atomic E-state index is -1.68. The number of nitriles is 1. The molecule has 1 atom stereocenters. The fourth-order valence-electron chi connectivity index (χ4n) is 3.61. The summed E-state index contributed by atoms with van der Waals surface area (Å²) in [5.74, 6) is -0.236. The highest BCUT2D eigenvalue weighted by Gasteiger charge is 2.32. The summed E-state index contributed by atoms with van der Waals surface area (Å²) in [6.07, 6.45) is 2.18. The molecule has 3 aromatic rings. The highest BCUT2D eigenvalue weighted by Crippen LogP contribution is 2.24. The number of rotatable bonds is 7. The van der Waals surface area contributed by atoms with Gasteiger partial charge in [0.15, 0.2) is 11.5 Å². The quantitative estimate of drug-likeness (QED) is 0.439. The average molecular weight is 497 g/mol. The van der Waals surface area contributed by atoms with E-state index in [1.165, 1.54) is 42.9 Å². The lowest BCUT2D eigenvalue weighted by molar-refractivity contribution is -0.00178. The van der Waals surface area contributed by atoms with Crippen LogP contribution in [0.1, 0.15) is 29.8 Å². The van der Waals surface area contributed by atoms with Gasteiger partial charge in [-0.05, 0) is 19.9 Å². The standard InChI is InChI=1S/C23H25FN8O4/c1-23(2,35)18(24)10-28-21(33)16-9-26-19(5-17(16)30-15-11-31(12-15)22(34)36-3)32-20-14(8-29-32)4-13(6-25)7-27-20/h4-5,7-9,15,18,35H,10-12H2,1-3H3,(H,26,30)(H,28,33). The first kappa shape index (κ1) is 24.8. The molecule has 3 N–H and O–H groups in total. The van der Waals surface area contributed by atoms with Gasteiger partial charge < -0.3 is 25.4 Å². The molecule has 188 valence electrons. The van der Waals surface area contributed by atoms with E-state index in [-0.39, 0.29) is 11.6 Å². The molecule has 36 heavy (non-hydrogen) atoms. The number of hydrogen-bond donors (Lipinski definition) is 3. The van der Waals surface area contributed by atoms with Crippen LogP contribution in [0.25, 0.3) is 16.9 Å². The van der Waals surface area contributed by atoms with Crippen molar-refractivity contribution in [1.82, 2.24) is 30.0 Å². The Hall–Kier alpha value is -4.31. The number of fused-ring (bicyclic) bond motifs is 1. The van der Waals surface area contributed by atoms with Crippen molar-refractivity contribution in [3.05, 3.63) is 41.9 Å². The van der Waals surface area contributed by atoms with Gasteiger partial charge in [-0.2, -0.15) is 15.0 Å². The van der Waals surface area contributed by atoms with Crippen molar-refractivity contribution in [2.24, 2.45) is 0 Å². The van der Waals surface area contributed by atoms with Crippen LogP contribution in [-0.2, 0) is 4.74 Å². The minimum absolute atomic E-state index is 0.148. The fraction of sp³-hybridized carbons (Fsp3) is 0.391. The van der Waals surface area contributed by atoms with Crippen molar-refractivity contribution in [1.29, 1.82) is 5.26 Å². The van der Waals surface area contributed by atoms with Crippen LogP contribution in [0.5, 0.6) is 0 Å². The van der Waals surface area contributed by atoms with E-state index < -0.39 is 30.3 Å². The van der Waals surface area contributed by atoms with Crippen molar-refractivity contribution in [2.75, 3.05) is 32.1 Å². The molecule has 1 saturated heterocycles. The molecule has 0 bridgehead atoms. The molecule has 4 heterocycles. The third kappa shape index (κ3) is 5.03. The summed E-state index contributed by atoms with van der Waals surface area (Å²) in [6.45, 7) is 2.97.